The summed E-state index contributed by atoms with van der Waals surface area (Å²) in [4.78, 5) is 30.6. The van der Waals surface area contributed by atoms with Crippen LogP contribution in [0.15, 0.2) is 59.7 Å². The number of carbonyl (C=O) groups is 1. The van der Waals surface area contributed by atoms with Crippen molar-refractivity contribution < 1.29 is 17.9 Å². The topological polar surface area (TPSA) is 101 Å². The molecule has 2 aromatic carbocycles. The first-order valence-electron chi connectivity index (χ1n) is 10.7. The van der Waals surface area contributed by atoms with Crippen LogP contribution in [0.25, 0.3) is 22.0 Å². The van der Waals surface area contributed by atoms with Crippen molar-refractivity contribution in [1.29, 1.82) is 0 Å². The molecule has 1 amide bonds. The second kappa shape index (κ2) is 7.88. The standard InChI is InChI=1S/C25H23N3O5S/c1-15-4-7-18(8-5-15)33-25(30)28-12-17-11-26-23-22(17)20(13-27(2)24(23)29)19-10-16(6-9-21(19)28)14-34(3,31)32/h4-11,13,26H,12,14H2,1-3H3. The highest BCUT2D eigenvalue weighted by atomic mass is 32.2. The molecule has 0 atom stereocenters. The predicted octanol–water partition coefficient (Wildman–Crippen LogP) is 3.91. The van der Waals surface area contributed by atoms with E-state index < -0.39 is 15.9 Å². The van der Waals surface area contributed by atoms with Gasteiger partial charge in [0.1, 0.15) is 11.3 Å². The number of sulfone groups is 1. The van der Waals surface area contributed by atoms with E-state index in [1.54, 1.807) is 49.8 Å². The highest BCUT2D eigenvalue weighted by molar-refractivity contribution is 7.89. The van der Waals surface area contributed by atoms with E-state index in [2.05, 4.69) is 4.98 Å². The van der Waals surface area contributed by atoms with Crippen LogP contribution in [0.4, 0.5) is 10.5 Å². The van der Waals surface area contributed by atoms with Crippen molar-refractivity contribution in [3.05, 3.63) is 81.9 Å². The molecule has 4 aromatic rings. The molecule has 174 valence electrons. The second-order valence-corrected chi connectivity index (χ2v) is 10.9. The zero-order valence-corrected chi connectivity index (χ0v) is 19.8. The first-order chi connectivity index (χ1) is 16.1. The number of fused-ring (bicyclic) bond motifs is 2. The van der Waals surface area contributed by atoms with Gasteiger partial charge in [-0.2, -0.15) is 0 Å². The first kappa shape index (κ1) is 22.0. The number of aromatic amines is 1. The number of amides is 1. The molecular formula is C25H23N3O5S. The third-order valence-electron chi connectivity index (χ3n) is 5.93. The van der Waals surface area contributed by atoms with Crippen LogP contribution in [0.2, 0.25) is 0 Å². The molecule has 5 rings (SSSR count). The van der Waals surface area contributed by atoms with Crippen molar-refractivity contribution in [3.63, 3.8) is 0 Å². The third kappa shape index (κ3) is 3.88. The van der Waals surface area contributed by atoms with E-state index in [4.69, 9.17) is 4.74 Å². The predicted molar refractivity (Wildman–Crippen MR) is 131 cm³/mol. The summed E-state index contributed by atoms with van der Waals surface area (Å²) in [6.45, 7) is 2.13. The molecule has 2 aromatic heterocycles. The van der Waals surface area contributed by atoms with Crippen LogP contribution >= 0.6 is 0 Å². The fraction of sp³-hybridized carbons (Fsp3) is 0.200. The maximum atomic E-state index is 13.3. The summed E-state index contributed by atoms with van der Waals surface area (Å²) in [5.41, 5.74) is 4.62. The normalized spacial score (nSPS) is 13.0. The fourth-order valence-corrected chi connectivity index (χ4v) is 5.16. The Hall–Kier alpha value is -3.85. The highest BCUT2D eigenvalue weighted by Crippen LogP contribution is 2.41. The lowest BCUT2D eigenvalue weighted by atomic mass is 9.99. The lowest BCUT2D eigenvalue weighted by Crippen LogP contribution is -2.33. The van der Waals surface area contributed by atoms with E-state index in [0.717, 1.165) is 16.7 Å². The van der Waals surface area contributed by atoms with E-state index in [-0.39, 0.29) is 17.9 Å². The van der Waals surface area contributed by atoms with E-state index in [0.29, 0.717) is 33.5 Å². The van der Waals surface area contributed by atoms with E-state index in [9.17, 15) is 18.0 Å². The number of hydrogen-bond acceptors (Lipinski definition) is 5. The SMILES string of the molecule is Cc1ccc(OC(=O)N2Cc3c[nH]c4c(=O)n(C)cc(c34)-c3cc(CS(C)(=O)=O)ccc32)cc1. The Morgan fingerprint density at radius 3 is 2.56 bits per heavy atom. The smallest absolute Gasteiger partial charge is 0.410 e. The molecule has 3 heterocycles. The number of aromatic nitrogens is 2. The van der Waals surface area contributed by atoms with Crippen LogP contribution in [-0.2, 0) is 29.2 Å². The number of H-pyrrole nitrogens is 1. The van der Waals surface area contributed by atoms with Crippen molar-refractivity contribution in [2.24, 2.45) is 7.05 Å². The molecule has 0 saturated heterocycles. The lowest BCUT2D eigenvalue weighted by Gasteiger charge is -2.23. The number of anilines is 1. The Morgan fingerprint density at radius 1 is 1.12 bits per heavy atom. The van der Waals surface area contributed by atoms with Gasteiger partial charge in [-0.1, -0.05) is 23.8 Å². The van der Waals surface area contributed by atoms with Crippen LogP contribution in [0, 0.1) is 6.92 Å². The number of ether oxygens (including phenoxy) is 1. The average molecular weight is 478 g/mol. The molecule has 0 spiro atoms. The van der Waals surface area contributed by atoms with Crippen molar-refractivity contribution in [2.45, 2.75) is 19.2 Å². The maximum Gasteiger partial charge on any atom is 0.420 e. The summed E-state index contributed by atoms with van der Waals surface area (Å²) in [5.74, 6) is 0.281. The highest BCUT2D eigenvalue weighted by Gasteiger charge is 2.29. The number of benzene rings is 2. The Balaban J connectivity index is 1.69. The molecule has 9 heteroatoms. The average Bonchev–Trinajstić information content (AvgIpc) is 3.14. The lowest BCUT2D eigenvalue weighted by molar-refractivity contribution is 0.207. The number of hydrogen-bond donors (Lipinski definition) is 1. The van der Waals surface area contributed by atoms with Gasteiger partial charge in [-0.15, -0.1) is 0 Å². The fourth-order valence-electron chi connectivity index (χ4n) is 4.37. The number of carbonyl (C=O) groups excluding carboxylic acids is 1. The molecule has 1 N–H and O–H groups in total. The van der Waals surface area contributed by atoms with Crippen LogP contribution in [0.1, 0.15) is 16.7 Å². The first-order valence-corrected chi connectivity index (χ1v) is 12.7. The molecule has 0 unspecified atom stereocenters. The summed E-state index contributed by atoms with van der Waals surface area (Å²) >= 11 is 0. The van der Waals surface area contributed by atoms with Crippen LogP contribution in [0.5, 0.6) is 5.75 Å². The molecule has 8 nitrogen and oxygen atoms in total. The van der Waals surface area contributed by atoms with Crippen LogP contribution in [-0.4, -0.2) is 30.3 Å². The molecule has 0 radical (unpaired) electrons. The van der Waals surface area contributed by atoms with Gasteiger partial charge >= 0.3 is 6.09 Å². The van der Waals surface area contributed by atoms with Crippen molar-refractivity contribution >= 4 is 32.5 Å². The molecular weight excluding hydrogens is 454 g/mol. The summed E-state index contributed by atoms with van der Waals surface area (Å²) < 4.78 is 31.0. The van der Waals surface area contributed by atoms with Gasteiger partial charge in [0, 0.05) is 42.2 Å². The third-order valence-corrected chi connectivity index (χ3v) is 6.79. The molecule has 34 heavy (non-hydrogen) atoms. The number of rotatable bonds is 3. The van der Waals surface area contributed by atoms with Gasteiger partial charge in [-0.05, 0) is 42.3 Å². The molecule has 0 saturated carbocycles. The van der Waals surface area contributed by atoms with Crippen molar-refractivity contribution in [1.82, 2.24) is 9.55 Å². The largest absolute Gasteiger partial charge is 0.420 e. The Morgan fingerprint density at radius 2 is 1.85 bits per heavy atom. The maximum absolute atomic E-state index is 13.3. The minimum atomic E-state index is -3.27. The van der Waals surface area contributed by atoms with Gasteiger partial charge in [0.25, 0.3) is 5.56 Å². The number of pyridine rings is 1. The number of nitrogens with zero attached hydrogens (tertiary/aromatic N) is 2. The molecule has 0 aliphatic carbocycles. The number of nitrogens with one attached hydrogen (secondary N) is 1. The Kier molecular flexibility index (Phi) is 5.09. The Bertz CT molecular complexity index is 1620. The second-order valence-electron chi connectivity index (χ2n) is 8.71. The van der Waals surface area contributed by atoms with Crippen molar-refractivity contribution in [2.75, 3.05) is 11.2 Å². The summed E-state index contributed by atoms with van der Waals surface area (Å²) in [5, 5.41) is 0.714. The van der Waals surface area contributed by atoms with Gasteiger partial charge in [-0.25, -0.2) is 13.2 Å². The van der Waals surface area contributed by atoms with Crippen LogP contribution in [0.3, 0.4) is 0 Å². The molecule has 0 fully saturated rings. The molecule has 1 aliphatic rings. The van der Waals surface area contributed by atoms with Crippen molar-refractivity contribution in [3.8, 4) is 16.9 Å². The molecule has 1 aliphatic heterocycles. The van der Waals surface area contributed by atoms with Gasteiger partial charge in [0.05, 0.1) is 18.0 Å². The quantitative estimate of drug-likeness (QED) is 0.482. The zero-order chi connectivity index (χ0) is 24.2. The zero-order valence-electron chi connectivity index (χ0n) is 19.0. The van der Waals surface area contributed by atoms with Gasteiger partial charge in [0.2, 0.25) is 0 Å². The summed E-state index contributed by atoms with van der Waals surface area (Å²) in [7, 11) is -1.61. The van der Waals surface area contributed by atoms with Gasteiger partial charge in [-0.3, -0.25) is 9.69 Å². The minimum Gasteiger partial charge on any atom is -0.410 e. The van der Waals surface area contributed by atoms with Crippen LogP contribution < -0.4 is 15.2 Å². The van der Waals surface area contributed by atoms with E-state index >= 15 is 0 Å². The van der Waals surface area contributed by atoms with Gasteiger partial charge < -0.3 is 14.3 Å². The monoisotopic (exact) mass is 477 g/mol. The minimum absolute atomic E-state index is 0.136. The summed E-state index contributed by atoms with van der Waals surface area (Å²) in [6, 6.07) is 12.4. The number of aryl methyl sites for hydroxylation is 2. The van der Waals surface area contributed by atoms with E-state index in [1.165, 1.54) is 15.7 Å². The van der Waals surface area contributed by atoms with Gasteiger partial charge in [0.15, 0.2) is 9.84 Å². The Labute approximate surface area is 196 Å². The van der Waals surface area contributed by atoms with E-state index in [1.807, 2.05) is 19.1 Å². The molecule has 0 bridgehead atoms. The summed E-state index contributed by atoms with van der Waals surface area (Å²) in [6.07, 6.45) is 4.05.